The maximum atomic E-state index is 12.4. The summed E-state index contributed by atoms with van der Waals surface area (Å²) in [4.78, 5) is 24.0. The van der Waals surface area contributed by atoms with Crippen molar-refractivity contribution in [2.75, 3.05) is 20.3 Å². The molecule has 20 heavy (non-hydrogen) atoms. The number of rotatable bonds is 5. The molecule has 2 aliphatic rings. The SMILES string of the molecule is COC(=O)C1(CNC(=O)[C@@H]2CCCO[C@@H]2C(C)C)CC1. The Labute approximate surface area is 120 Å². The molecule has 2 atom stereocenters. The molecule has 5 heteroatoms. The second-order valence-electron chi connectivity index (χ2n) is 6.32. The van der Waals surface area contributed by atoms with Crippen LogP contribution >= 0.6 is 0 Å². The van der Waals surface area contributed by atoms with Gasteiger partial charge in [0.1, 0.15) is 0 Å². The summed E-state index contributed by atoms with van der Waals surface area (Å²) in [6.07, 6.45) is 3.37. The van der Waals surface area contributed by atoms with Crippen LogP contribution in [0.25, 0.3) is 0 Å². The quantitative estimate of drug-likeness (QED) is 0.777. The molecule has 5 nitrogen and oxygen atoms in total. The molecule has 0 bridgehead atoms. The van der Waals surface area contributed by atoms with Crippen LogP contribution in [0, 0.1) is 17.3 Å². The molecule has 0 aromatic rings. The summed E-state index contributed by atoms with van der Waals surface area (Å²) in [5.41, 5.74) is -0.465. The molecular formula is C15H25NO4. The van der Waals surface area contributed by atoms with Gasteiger partial charge in [-0.1, -0.05) is 13.8 Å². The molecule has 0 aromatic heterocycles. The Morgan fingerprint density at radius 3 is 2.65 bits per heavy atom. The van der Waals surface area contributed by atoms with E-state index >= 15 is 0 Å². The number of carbonyl (C=O) groups is 2. The van der Waals surface area contributed by atoms with Crippen LogP contribution in [-0.4, -0.2) is 38.2 Å². The van der Waals surface area contributed by atoms with Crippen LogP contribution in [0.5, 0.6) is 0 Å². The second kappa shape index (κ2) is 6.12. The summed E-state index contributed by atoms with van der Waals surface area (Å²) < 4.78 is 10.5. The smallest absolute Gasteiger partial charge is 0.313 e. The number of hydrogen-bond donors (Lipinski definition) is 1. The third kappa shape index (κ3) is 3.14. The zero-order valence-corrected chi connectivity index (χ0v) is 12.6. The van der Waals surface area contributed by atoms with Crippen LogP contribution in [0.1, 0.15) is 39.5 Å². The van der Waals surface area contributed by atoms with Crippen LogP contribution in [0.15, 0.2) is 0 Å². The highest BCUT2D eigenvalue weighted by molar-refractivity contribution is 5.83. The van der Waals surface area contributed by atoms with Gasteiger partial charge in [0.05, 0.1) is 24.5 Å². The molecule has 0 unspecified atom stereocenters. The first kappa shape index (κ1) is 15.3. The fourth-order valence-corrected chi connectivity index (χ4v) is 2.95. The van der Waals surface area contributed by atoms with Crippen LogP contribution in [0.3, 0.4) is 0 Å². The summed E-state index contributed by atoms with van der Waals surface area (Å²) in [5.74, 6) is 0.0235. The number of hydrogen-bond acceptors (Lipinski definition) is 4. The van der Waals surface area contributed by atoms with Crippen LogP contribution in [-0.2, 0) is 19.1 Å². The lowest BCUT2D eigenvalue weighted by Crippen LogP contribution is -2.46. The summed E-state index contributed by atoms with van der Waals surface area (Å²) in [6, 6.07) is 0. The van der Waals surface area contributed by atoms with Gasteiger partial charge in [-0.3, -0.25) is 9.59 Å². The van der Waals surface area contributed by atoms with Crippen molar-refractivity contribution < 1.29 is 19.1 Å². The Hall–Kier alpha value is -1.10. The van der Waals surface area contributed by atoms with Gasteiger partial charge in [0.25, 0.3) is 0 Å². The summed E-state index contributed by atoms with van der Waals surface area (Å²) in [6.45, 7) is 5.28. The van der Waals surface area contributed by atoms with E-state index in [1.54, 1.807) is 0 Å². The minimum absolute atomic E-state index is 0.0126. The third-order valence-corrected chi connectivity index (χ3v) is 4.43. The van der Waals surface area contributed by atoms with Gasteiger partial charge in [-0.15, -0.1) is 0 Å². The summed E-state index contributed by atoms with van der Waals surface area (Å²) >= 11 is 0. The largest absolute Gasteiger partial charge is 0.469 e. The van der Waals surface area contributed by atoms with Gasteiger partial charge in [-0.2, -0.15) is 0 Å². The van der Waals surface area contributed by atoms with Crippen LogP contribution in [0.2, 0.25) is 0 Å². The topological polar surface area (TPSA) is 64.6 Å². The van der Waals surface area contributed by atoms with E-state index in [1.807, 2.05) is 0 Å². The Morgan fingerprint density at radius 2 is 2.10 bits per heavy atom. The molecule has 114 valence electrons. The minimum atomic E-state index is -0.465. The van der Waals surface area contributed by atoms with Gasteiger partial charge < -0.3 is 14.8 Å². The van der Waals surface area contributed by atoms with E-state index in [4.69, 9.17) is 9.47 Å². The molecule has 1 saturated heterocycles. The van der Waals surface area contributed by atoms with Crippen molar-refractivity contribution in [3.63, 3.8) is 0 Å². The molecule has 1 amide bonds. The molecule has 2 fully saturated rings. The van der Waals surface area contributed by atoms with Crippen molar-refractivity contribution in [1.29, 1.82) is 0 Å². The molecule has 0 radical (unpaired) electrons. The number of ether oxygens (including phenoxy) is 2. The fourth-order valence-electron chi connectivity index (χ4n) is 2.95. The highest BCUT2D eigenvalue weighted by Crippen LogP contribution is 2.46. The van der Waals surface area contributed by atoms with Crippen molar-refractivity contribution in [3.8, 4) is 0 Å². The zero-order valence-electron chi connectivity index (χ0n) is 12.6. The molecule has 2 rings (SSSR count). The normalized spacial score (nSPS) is 28.0. The lowest BCUT2D eigenvalue weighted by atomic mass is 9.86. The average Bonchev–Trinajstić information content (AvgIpc) is 3.25. The Balaban J connectivity index is 1.89. The molecule has 0 spiro atoms. The molecular weight excluding hydrogens is 258 g/mol. The van der Waals surface area contributed by atoms with E-state index in [2.05, 4.69) is 19.2 Å². The van der Waals surface area contributed by atoms with Crippen molar-refractivity contribution in [1.82, 2.24) is 5.32 Å². The van der Waals surface area contributed by atoms with E-state index < -0.39 is 5.41 Å². The van der Waals surface area contributed by atoms with E-state index in [9.17, 15) is 9.59 Å². The highest BCUT2D eigenvalue weighted by Gasteiger charge is 2.51. The molecule has 1 saturated carbocycles. The lowest BCUT2D eigenvalue weighted by molar-refractivity contribution is -0.147. The zero-order chi connectivity index (χ0) is 14.8. The average molecular weight is 283 g/mol. The first-order valence-corrected chi connectivity index (χ1v) is 7.48. The van der Waals surface area contributed by atoms with E-state index in [1.165, 1.54) is 7.11 Å². The Bertz CT molecular complexity index is 376. The van der Waals surface area contributed by atoms with Crippen molar-refractivity contribution in [3.05, 3.63) is 0 Å². The fraction of sp³-hybridized carbons (Fsp3) is 0.867. The maximum absolute atomic E-state index is 12.4. The standard InChI is InChI=1S/C15H25NO4/c1-10(2)12-11(5-4-8-20-12)13(17)16-9-15(6-7-15)14(18)19-3/h10-12H,4-9H2,1-3H3,(H,16,17)/t11-,12-/m1/s1. The van der Waals surface area contributed by atoms with E-state index in [-0.39, 0.29) is 23.9 Å². The first-order chi connectivity index (χ1) is 9.50. The van der Waals surface area contributed by atoms with Crippen molar-refractivity contribution in [2.24, 2.45) is 17.3 Å². The molecule has 0 aromatic carbocycles. The van der Waals surface area contributed by atoms with Gasteiger partial charge in [0, 0.05) is 13.2 Å². The van der Waals surface area contributed by atoms with Crippen molar-refractivity contribution >= 4 is 11.9 Å². The molecule has 1 aliphatic carbocycles. The van der Waals surface area contributed by atoms with Gasteiger partial charge in [0.15, 0.2) is 0 Å². The number of esters is 1. The minimum Gasteiger partial charge on any atom is -0.469 e. The number of methoxy groups -OCH3 is 1. The van der Waals surface area contributed by atoms with Crippen molar-refractivity contribution in [2.45, 2.75) is 45.6 Å². The molecule has 1 aliphatic heterocycles. The predicted molar refractivity (Wildman–Crippen MR) is 74.0 cm³/mol. The van der Waals surface area contributed by atoms with E-state index in [0.717, 1.165) is 32.3 Å². The summed E-state index contributed by atoms with van der Waals surface area (Å²) in [7, 11) is 1.40. The Kier molecular flexibility index (Phi) is 4.68. The first-order valence-electron chi connectivity index (χ1n) is 7.48. The number of amides is 1. The monoisotopic (exact) mass is 283 g/mol. The van der Waals surface area contributed by atoms with E-state index in [0.29, 0.717) is 12.5 Å². The lowest BCUT2D eigenvalue weighted by Gasteiger charge is -2.33. The Morgan fingerprint density at radius 1 is 1.40 bits per heavy atom. The molecule has 1 N–H and O–H groups in total. The third-order valence-electron chi connectivity index (χ3n) is 4.43. The number of carbonyl (C=O) groups excluding carboxylic acids is 2. The summed E-state index contributed by atoms with van der Waals surface area (Å²) in [5, 5.41) is 2.94. The van der Waals surface area contributed by atoms with Crippen LogP contribution < -0.4 is 5.32 Å². The van der Waals surface area contributed by atoms with Crippen LogP contribution in [0.4, 0.5) is 0 Å². The predicted octanol–water partition coefficient (Wildman–Crippen LogP) is 1.51. The maximum Gasteiger partial charge on any atom is 0.313 e. The second-order valence-corrected chi connectivity index (χ2v) is 6.32. The van der Waals surface area contributed by atoms with Gasteiger partial charge in [0.2, 0.25) is 5.91 Å². The van der Waals surface area contributed by atoms with Gasteiger partial charge >= 0.3 is 5.97 Å². The molecule has 1 heterocycles. The van der Waals surface area contributed by atoms with Gasteiger partial charge in [-0.25, -0.2) is 0 Å². The van der Waals surface area contributed by atoms with Gasteiger partial charge in [-0.05, 0) is 31.6 Å². The number of nitrogens with one attached hydrogen (secondary N) is 1. The highest BCUT2D eigenvalue weighted by atomic mass is 16.5.